The first-order chi connectivity index (χ1) is 8.32. The van der Waals surface area contributed by atoms with E-state index in [0.717, 1.165) is 11.3 Å². The molecule has 96 valence electrons. The van der Waals surface area contributed by atoms with E-state index < -0.39 is 0 Å². The maximum absolute atomic E-state index is 5.90. The van der Waals surface area contributed by atoms with E-state index in [9.17, 15) is 0 Å². The van der Waals surface area contributed by atoms with Gasteiger partial charge in [-0.05, 0) is 46.2 Å². The smallest absolute Gasteiger partial charge is 0.400 e. The van der Waals surface area contributed by atoms with Crippen LogP contribution < -0.4 is 0 Å². The van der Waals surface area contributed by atoms with Gasteiger partial charge in [-0.15, -0.1) is 0 Å². The SMILES string of the molecule is Cc1ncccc1/C=C/B1OC(C)(C)C(C)(C)O1. The molecule has 2 heterocycles. The van der Waals surface area contributed by atoms with Gasteiger partial charge in [0.05, 0.1) is 11.2 Å². The van der Waals surface area contributed by atoms with Crippen LogP contribution in [0.1, 0.15) is 39.0 Å². The molecule has 1 aromatic rings. The molecular weight excluding hydrogens is 225 g/mol. The zero-order valence-corrected chi connectivity index (χ0v) is 11.7. The number of pyridine rings is 1. The predicted molar refractivity (Wildman–Crippen MR) is 74.1 cm³/mol. The second-order valence-corrected chi connectivity index (χ2v) is 5.66. The molecule has 0 atom stereocenters. The summed E-state index contributed by atoms with van der Waals surface area (Å²) in [6.07, 6.45) is 3.80. The monoisotopic (exact) mass is 245 g/mol. The molecule has 3 nitrogen and oxygen atoms in total. The number of aryl methyl sites for hydroxylation is 1. The fourth-order valence-corrected chi connectivity index (χ4v) is 1.82. The Labute approximate surface area is 109 Å². The van der Waals surface area contributed by atoms with Crippen LogP contribution in [0.5, 0.6) is 0 Å². The van der Waals surface area contributed by atoms with Crippen LogP contribution in [0.15, 0.2) is 24.3 Å². The molecule has 1 aliphatic heterocycles. The molecule has 0 N–H and O–H groups in total. The van der Waals surface area contributed by atoms with Crippen LogP contribution in [0, 0.1) is 6.92 Å². The van der Waals surface area contributed by atoms with Crippen molar-refractivity contribution in [2.75, 3.05) is 0 Å². The van der Waals surface area contributed by atoms with Crippen molar-refractivity contribution >= 4 is 13.2 Å². The van der Waals surface area contributed by atoms with E-state index in [0.29, 0.717) is 0 Å². The highest BCUT2D eigenvalue weighted by Crippen LogP contribution is 2.37. The van der Waals surface area contributed by atoms with Gasteiger partial charge >= 0.3 is 7.12 Å². The molecule has 2 rings (SSSR count). The summed E-state index contributed by atoms with van der Waals surface area (Å²) in [5.74, 6) is 1.94. The van der Waals surface area contributed by atoms with Crippen molar-refractivity contribution < 1.29 is 9.31 Å². The van der Waals surface area contributed by atoms with Crippen LogP contribution in [-0.2, 0) is 9.31 Å². The molecule has 1 aromatic heterocycles. The summed E-state index contributed by atoms with van der Waals surface area (Å²) < 4.78 is 11.8. The fourth-order valence-electron chi connectivity index (χ4n) is 1.82. The van der Waals surface area contributed by atoms with Crippen LogP contribution >= 0.6 is 0 Å². The quantitative estimate of drug-likeness (QED) is 0.750. The normalized spacial score (nSPS) is 21.7. The van der Waals surface area contributed by atoms with Gasteiger partial charge in [-0.1, -0.05) is 18.1 Å². The van der Waals surface area contributed by atoms with Crippen LogP contribution in [0.4, 0.5) is 0 Å². The zero-order valence-electron chi connectivity index (χ0n) is 11.7. The van der Waals surface area contributed by atoms with E-state index in [-0.39, 0.29) is 18.3 Å². The Balaban J connectivity index is 2.11. The van der Waals surface area contributed by atoms with Crippen molar-refractivity contribution in [3.8, 4) is 0 Å². The van der Waals surface area contributed by atoms with E-state index in [1.54, 1.807) is 6.20 Å². The average Bonchev–Trinajstić information content (AvgIpc) is 2.46. The van der Waals surface area contributed by atoms with Gasteiger partial charge in [0.2, 0.25) is 0 Å². The Hall–Kier alpha value is -1.13. The predicted octanol–water partition coefficient (Wildman–Crippen LogP) is 3.03. The number of aromatic nitrogens is 1. The molecule has 0 amide bonds. The van der Waals surface area contributed by atoms with E-state index >= 15 is 0 Å². The van der Waals surface area contributed by atoms with Crippen LogP contribution in [0.25, 0.3) is 6.08 Å². The highest BCUT2D eigenvalue weighted by atomic mass is 16.7. The number of nitrogens with zero attached hydrogens (tertiary/aromatic N) is 1. The summed E-state index contributed by atoms with van der Waals surface area (Å²) in [4.78, 5) is 4.25. The Morgan fingerprint density at radius 1 is 1.17 bits per heavy atom. The molecule has 0 spiro atoms. The number of hydrogen-bond donors (Lipinski definition) is 0. The van der Waals surface area contributed by atoms with Gasteiger partial charge in [0, 0.05) is 11.9 Å². The molecule has 1 saturated heterocycles. The third kappa shape index (κ3) is 2.50. The second kappa shape index (κ2) is 4.52. The van der Waals surface area contributed by atoms with Gasteiger partial charge < -0.3 is 9.31 Å². The van der Waals surface area contributed by atoms with Crippen molar-refractivity contribution in [3.05, 3.63) is 35.6 Å². The standard InChI is InChI=1S/C14H20BNO2/c1-11-12(7-6-10-16-11)8-9-15-17-13(2,3)14(4,5)18-15/h6-10H,1-5H3/b9-8+. The van der Waals surface area contributed by atoms with Crippen molar-refractivity contribution in [3.63, 3.8) is 0 Å². The first kappa shape index (κ1) is 13.3. The summed E-state index contributed by atoms with van der Waals surface area (Å²) in [7, 11) is -0.297. The summed E-state index contributed by atoms with van der Waals surface area (Å²) in [5.41, 5.74) is 1.52. The Morgan fingerprint density at radius 2 is 1.78 bits per heavy atom. The fraction of sp³-hybridized carbons (Fsp3) is 0.500. The third-order valence-electron chi connectivity index (χ3n) is 3.75. The minimum absolute atomic E-state index is 0.286. The lowest BCUT2D eigenvalue weighted by atomic mass is 9.89. The van der Waals surface area contributed by atoms with Crippen LogP contribution in [0.3, 0.4) is 0 Å². The minimum Gasteiger partial charge on any atom is -0.400 e. The number of hydrogen-bond acceptors (Lipinski definition) is 3. The van der Waals surface area contributed by atoms with Crippen molar-refractivity contribution in [2.45, 2.75) is 45.8 Å². The maximum Gasteiger partial charge on any atom is 0.487 e. The lowest BCUT2D eigenvalue weighted by molar-refractivity contribution is 0.00578. The molecule has 4 heteroatoms. The highest BCUT2D eigenvalue weighted by molar-refractivity contribution is 6.52. The molecule has 0 unspecified atom stereocenters. The van der Waals surface area contributed by atoms with E-state index in [1.165, 1.54) is 0 Å². The van der Waals surface area contributed by atoms with Crippen LogP contribution in [-0.4, -0.2) is 23.3 Å². The molecule has 0 bridgehead atoms. The first-order valence-electron chi connectivity index (χ1n) is 6.27. The minimum atomic E-state index is -0.297. The molecule has 1 fully saturated rings. The topological polar surface area (TPSA) is 31.4 Å². The Kier molecular flexibility index (Phi) is 3.34. The summed E-state index contributed by atoms with van der Waals surface area (Å²) in [5, 5.41) is 0. The Morgan fingerprint density at radius 3 is 2.33 bits per heavy atom. The van der Waals surface area contributed by atoms with Gasteiger partial charge in [-0.2, -0.15) is 0 Å². The van der Waals surface area contributed by atoms with Gasteiger partial charge in [0.25, 0.3) is 0 Å². The molecule has 0 radical (unpaired) electrons. The zero-order chi connectivity index (χ0) is 13.4. The molecule has 0 aliphatic carbocycles. The average molecular weight is 245 g/mol. The Bertz CT molecular complexity index is 453. The first-order valence-corrected chi connectivity index (χ1v) is 6.27. The summed E-state index contributed by atoms with van der Waals surface area (Å²) in [6, 6.07) is 3.96. The van der Waals surface area contributed by atoms with E-state index in [1.807, 2.05) is 31.1 Å². The van der Waals surface area contributed by atoms with Crippen molar-refractivity contribution in [1.82, 2.24) is 4.98 Å². The van der Waals surface area contributed by atoms with Crippen molar-refractivity contribution in [2.24, 2.45) is 0 Å². The van der Waals surface area contributed by atoms with E-state index in [2.05, 4.69) is 32.7 Å². The van der Waals surface area contributed by atoms with Gasteiger partial charge in [0.1, 0.15) is 0 Å². The lowest BCUT2D eigenvalue weighted by Gasteiger charge is -2.32. The summed E-state index contributed by atoms with van der Waals surface area (Å²) >= 11 is 0. The molecule has 0 aromatic carbocycles. The van der Waals surface area contributed by atoms with Crippen molar-refractivity contribution in [1.29, 1.82) is 0 Å². The lowest BCUT2D eigenvalue weighted by Crippen LogP contribution is -2.41. The third-order valence-corrected chi connectivity index (χ3v) is 3.75. The molecule has 0 saturated carbocycles. The molecular formula is C14H20BNO2. The van der Waals surface area contributed by atoms with Gasteiger partial charge in [-0.3, -0.25) is 4.98 Å². The molecule has 1 aliphatic rings. The highest BCUT2D eigenvalue weighted by Gasteiger charge is 2.49. The van der Waals surface area contributed by atoms with Crippen LogP contribution in [0.2, 0.25) is 0 Å². The van der Waals surface area contributed by atoms with Gasteiger partial charge in [0.15, 0.2) is 0 Å². The maximum atomic E-state index is 5.90. The van der Waals surface area contributed by atoms with E-state index in [4.69, 9.17) is 9.31 Å². The molecule has 18 heavy (non-hydrogen) atoms. The largest absolute Gasteiger partial charge is 0.487 e. The number of rotatable bonds is 2. The summed E-state index contributed by atoms with van der Waals surface area (Å²) in [6.45, 7) is 10.2. The van der Waals surface area contributed by atoms with Gasteiger partial charge in [-0.25, -0.2) is 0 Å². The second-order valence-electron chi connectivity index (χ2n) is 5.66.